The minimum absolute atomic E-state index is 0.215. The van der Waals surface area contributed by atoms with Crippen molar-refractivity contribution in [2.75, 3.05) is 0 Å². The van der Waals surface area contributed by atoms with Gasteiger partial charge >= 0.3 is 0 Å². The highest BCUT2D eigenvalue weighted by molar-refractivity contribution is 5.07. The summed E-state index contributed by atoms with van der Waals surface area (Å²) in [6.07, 6.45) is 2.92. The summed E-state index contributed by atoms with van der Waals surface area (Å²) in [6.45, 7) is 7.88. The Morgan fingerprint density at radius 2 is 2.25 bits per heavy atom. The topological polar surface area (TPSA) is 32.8 Å². The summed E-state index contributed by atoms with van der Waals surface area (Å²) in [6, 6.07) is 0. The van der Waals surface area contributed by atoms with Crippen LogP contribution in [0.3, 0.4) is 0 Å². The van der Waals surface area contributed by atoms with Gasteiger partial charge in [0.25, 0.3) is 0 Å². The number of ether oxygens (including phenoxy) is 1. The molecule has 0 unspecified atom stereocenters. The molecule has 0 saturated carbocycles. The predicted molar refractivity (Wildman–Crippen MR) is 49.0 cm³/mol. The second-order valence-electron chi connectivity index (χ2n) is 3.98. The number of rotatable bonds is 3. The highest BCUT2D eigenvalue weighted by Crippen LogP contribution is 2.41. The molecule has 0 aromatic carbocycles. The third-order valence-electron chi connectivity index (χ3n) is 2.55. The van der Waals surface area contributed by atoms with Crippen LogP contribution in [0.4, 0.5) is 0 Å². The van der Waals surface area contributed by atoms with Crippen molar-refractivity contribution < 1.29 is 9.84 Å². The number of hydrogen-bond donors (Lipinski definition) is 1. The molecule has 1 fully saturated rings. The van der Waals surface area contributed by atoms with E-state index in [0.717, 1.165) is 6.42 Å². The highest BCUT2D eigenvalue weighted by atomic mass is 16.6. The van der Waals surface area contributed by atoms with Gasteiger partial charge in [-0.2, -0.15) is 0 Å². The standard InChI is InChI=1S/C10H18O2/c1-7(2)5-6-9-10(4,12-9)8(3)11/h5,8-9,11H,6H2,1-4H3/t8-,9-,10-/m1/s1. The van der Waals surface area contributed by atoms with E-state index in [0.29, 0.717) is 0 Å². The summed E-state index contributed by atoms with van der Waals surface area (Å²) in [4.78, 5) is 0. The maximum atomic E-state index is 9.34. The largest absolute Gasteiger partial charge is 0.390 e. The van der Waals surface area contributed by atoms with Crippen LogP contribution in [0.25, 0.3) is 0 Å². The molecule has 0 aromatic heterocycles. The Labute approximate surface area is 74.2 Å². The van der Waals surface area contributed by atoms with E-state index in [1.807, 2.05) is 6.92 Å². The Hall–Kier alpha value is -0.340. The lowest BCUT2D eigenvalue weighted by molar-refractivity contribution is 0.101. The first kappa shape index (κ1) is 9.75. The summed E-state index contributed by atoms with van der Waals surface area (Å²) < 4.78 is 5.42. The summed E-state index contributed by atoms with van der Waals surface area (Å²) in [5, 5.41) is 9.34. The van der Waals surface area contributed by atoms with Crippen LogP contribution in [0.5, 0.6) is 0 Å². The van der Waals surface area contributed by atoms with Crippen LogP contribution in [0.15, 0.2) is 11.6 Å². The van der Waals surface area contributed by atoms with Crippen molar-refractivity contribution in [3.63, 3.8) is 0 Å². The molecule has 3 atom stereocenters. The third kappa shape index (κ3) is 1.87. The van der Waals surface area contributed by atoms with Gasteiger partial charge in [0.2, 0.25) is 0 Å². The van der Waals surface area contributed by atoms with E-state index in [2.05, 4.69) is 19.9 Å². The van der Waals surface area contributed by atoms with Gasteiger partial charge in [0.15, 0.2) is 0 Å². The zero-order valence-corrected chi connectivity index (χ0v) is 8.29. The van der Waals surface area contributed by atoms with Crippen molar-refractivity contribution in [2.45, 2.75) is 51.9 Å². The third-order valence-corrected chi connectivity index (χ3v) is 2.55. The van der Waals surface area contributed by atoms with Crippen LogP contribution >= 0.6 is 0 Å². The van der Waals surface area contributed by atoms with Gasteiger partial charge in [-0.15, -0.1) is 0 Å². The van der Waals surface area contributed by atoms with Crippen molar-refractivity contribution in [3.05, 3.63) is 11.6 Å². The molecule has 2 nitrogen and oxygen atoms in total. The van der Waals surface area contributed by atoms with Crippen molar-refractivity contribution in [1.82, 2.24) is 0 Å². The predicted octanol–water partition coefficient (Wildman–Crippen LogP) is 1.88. The Morgan fingerprint density at radius 1 is 1.67 bits per heavy atom. The fourth-order valence-corrected chi connectivity index (χ4v) is 1.26. The second-order valence-corrected chi connectivity index (χ2v) is 3.98. The molecule has 2 heteroatoms. The van der Waals surface area contributed by atoms with E-state index in [1.165, 1.54) is 5.57 Å². The van der Waals surface area contributed by atoms with Crippen molar-refractivity contribution in [3.8, 4) is 0 Å². The molecule has 1 N–H and O–H groups in total. The number of allylic oxidation sites excluding steroid dienone is 1. The zero-order valence-electron chi connectivity index (χ0n) is 8.29. The summed E-state index contributed by atoms with van der Waals surface area (Å²) >= 11 is 0. The second kappa shape index (κ2) is 3.19. The van der Waals surface area contributed by atoms with E-state index in [-0.39, 0.29) is 17.8 Å². The molecule has 0 radical (unpaired) electrons. The molecule has 1 aliphatic heterocycles. The molecule has 0 aliphatic carbocycles. The Balaban J connectivity index is 2.37. The monoisotopic (exact) mass is 170 g/mol. The molecule has 0 aromatic rings. The van der Waals surface area contributed by atoms with Gasteiger partial charge in [0, 0.05) is 0 Å². The van der Waals surface area contributed by atoms with Gasteiger partial charge < -0.3 is 9.84 Å². The van der Waals surface area contributed by atoms with E-state index in [1.54, 1.807) is 6.92 Å². The molecule has 12 heavy (non-hydrogen) atoms. The van der Waals surface area contributed by atoms with Crippen LogP contribution in [0.1, 0.15) is 34.1 Å². The van der Waals surface area contributed by atoms with E-state index >= 15 is 0 Å². The Kier molecular flexibility index (Phi) is 2.59. The van der Waals surface area contributed by atoms with Gasteiger partial charge in [0.1, 0.15) is 5.60 Å². The number of hydrogen-bond acceptors (Lipinski definition) is 2. The van der Waals surface area contributed by atoms with Crippen molar-refractivity contribution in [2.24, 2.45) is 0 Å². The van der Waals surface area contributed by atoms with Crippen LogP contribution < -0.4 is 0 Å². The average molecular weight is 170 g/mol. The molecular formula is C10H18O2. The summed E-state index contributed by atoms with van der Waals surface area (Å²) in [5.74, 6) is 0. The van der Waals surface area contributed by atoms with Gasteiger partial charge in [-0.1, -0.05) is 11.6 Å². The van der Waals surface area contributed by atoms with Crippen LogP contribution in [-0.2, 0) is 4.74 Å². The first-order valence-corrected chi connectivity index (χ1v) is 4.46. The molecule has 1 aliphatic rings. The highest BCUT2D eigenvalue weighted by Gasteiger charge is 2.54. The minimum Gasteiger partial charge on any atom is -0.390 e. The number of aliphatic hydroxyl groups excluding tert-OH is 1. The van der Waals surface area contributed by atoms with Gasteiger partial charge in [-0.25, -0.2) is 0 Å². The fourth-order valence-electron chi connectivity index (χ4n) is 1.26. The molecule has 1 rings (SSSR count). The maximum absolute atomic E-state index is 9.34. The fraction of sp³-hybridized carbons (Fsp3) is 0.800. The SMILES string of the molecule is CC(C)=CC[C@H]1O[C@]1(C)[C@@H](C)O. The summed E-state index contributed by atoms with van der Waals surface area (Å²) in [5.41, 5.74) is 1.02. The molecule has 0 spiro atoms. The van der Waals surface area contributed by atoms with E-state index < -0.39 is 0 Å². The first-order valence-electron chi connectivity index (χ1n) is 4.46. The van der Waals surface area contributed by atoms with Crippen LogP contribution in [0.2, 0.25) is 0 Å². The zero-order chi connectivity index (χ0) is 9.35. The van der Waals surface area contributed by atoms with E-state index in [9.17, 15) is 5.11 Å². The Bertz CT molecular complexity index is 192. The molecule has 0 amide bonds. The lowest BCUT2D eigenvalue weighted by Gasteiger charge is -2.08. The smallest absolute Gasteiger partial charge is 0.118 e. The lowest BCUT2D eigenvalue weighted by atomic mass is 9.99. The van der Waals surface area contributed by atoms with Crippen molar-refractivity contribution >= 4 is 0 Å². The molecule has 0 bridgehead atoms. The first-order chi connectivity index (χ1) is 5.47. The molecule has 70 valence electrons. The quantitative estimate of drug-likeness (QED) is 0.518. The van der Waals surface area contributed by atoms with Gasteiger partial charge in [-0.3, -0.25) is 0 Å². The average Bonchev–Trinajstić information content (AvgIpc) is 2.59. The molecule has 1 saturated heterocycles. The van der Waals surface area contributed by atoms with E-state index in [4.69, 9.17) is 4.74 Å². The number of aliphatic hydroxyl groups is 1. The Morgan fingerprint density at radius 3 is 2.58 bits per heavy atom. The number of epoxide rings is 1. The van der Waals surface area contributed by atoms with Crippen LogP contribution in [-0.4, -0.2) is 22.9 Å². The van der Waals surface area contributed by atoms with Gasteiger partial charge in [-0.05, 0) is 34.1 Å². The lowest BCUT2D eigenvalue weighted by Crippen LogP contribution is -2.25. The van der Waals surface area contributed by atoms with Crippen molar-refractivity contribution in [1.29, 1.82) is 0 Å². The summed E-state index contributed by atoms with van der Waals surface area (Å²) in [7, 11) is 0. The minimum atomic E-state index is -0.368. The maximum Gasteiger partial charge on any atom is 0.118 e. The van der Waals surface area contributed by atoms with Gasteiger partial charge in [0.05, 0.1) is 12.2 Å². The molecule has 1 heterocycles. The van der Waals surface area contributed by atoms with Crippen LogP contribution in [0, 0.1) is 0 Å². The molecular weight excluding hydrogens is 152 g/mol. The normalized spacial score (nSPS) is 35.9.